The zero-order valence-corrected chi connectivity index (χ0v) is 29.0. The Kier molecular flexibility index (Phi) is 7.50. The van der Waals surface area contributed by atoms with E-state index in [1.54, 1.807) is 0 Å². The second-order valence-electron chi connectivity index (χ2n) is 13.1. The van der Waals surface area contributed by atoms with Crippen LogP contribution in [0, 0.1) is 0 Å². The fraction of sp³-hybridized carbons (Fsp3) is 0. The van der Waals surface area contributed by atoms with E-state index in [-0.39, 0.29) is 29.9 Å². The van der Waals surface area contributed by atoms with E-state index in [0.717, 1.165) is 66.7 Å². The Morgan fingerprint density at radius 1 is 0.283 bits per heavy atom. The molecule has 0 aromatic heterocycles. The lowest BCUT2D eigenvalue weighted by molar-refractivity contribution is 1.28. The van der Waals surface area contributed by atoms with Gasteiger partial charge in [0.05, 0.1) is 5.48 Å². The van der Waals surface area contributed by atoms with Crippen LogP contribution in [-0.4, -0.2) is 0 Å². The van der Waals surface area contributed by atoms with Gasteiger partial charge in [0.2, 0.25) is 0 Å². The molecule has 0 atom stereocenters. The maximum Gasteiger partial charge on any atom is 0.0651 e. The predicted molar refractivity (Wildman–Crippen MR) is 226 cm³/mol. The molecule has 0 amide bonds. The molecule has 9 rings (SSSR count). The third kappa shape index (κ3) is 6.77. The first-order chi connectivity index (χ1) is 27.9. The van der Waals surface area contributed by atoms with Gasteiger partial charge in [0.15, 0.2) is 0 Å². The average Bonchev–Trinajstić information content (AvgIpc) is 3.28. The summed E-state index contributed by atoms with van der Waals surface area (Å²) in [6, 6.07) is 67.2. The number of hydrogen-bond donors (Lipinski definition) is 0. The van der Waals surface area contributed by atoms with Crippen molar-refractivity contribution in [2.45, 2.75) is 0 Å². The van der Waals surface area contributed by atoms with Gasteiger partial charge in [0, 0.05) is 17.1 Å². The standard InChI is InChI=1S/C52H37N/c1-3-12-38(13-4-1)44-18-9-20-46(34-44)41-26-30-50(31-27-41)53(52-23-11-22-48(37-52)49-25-24-40-16-7-8-17-43(40)36-49)51-32-28-42(29-33-51)47-21-10-19-45(35-47)39-14-5-2-6-15-39/h1-37H/i11D,22D,23D,37D. The van der Waals surface area contributed by atoms with E-state index in [0.29, 0.717) is 11.1 Å². The Morgan fingerprint density at radius 3 is 1.23 bits per heavy atom. The Bertz CT molecular complexity index is 2740. The van der Waals surface area contributed by atoms with Gasteiger partial charge >= 0.3 is 0 Å². The molecule has 0 aliphatic rings. The van der Waals surface area contributed by atoms with Crippen molar-refractivity contribution in [2.24, 2.45) is 0 Å². The van der Waals surface area contributed by atoms with E-state index in [1.165, 1.54) is 0 Å². The minimum atomic E-state index is -0.224. The summed E-state index contributed by atoms with van der Waals surface area (Å²) < 4.78 is 37.1. The minimum absolute atomic E-state index is 0.0237. The fourth-order valence-electron chi connectivity index (χ4n) is 6.97. The van der Waals surface area contributed by atoms with Gasteiger partial charge < -0.3 is 4.90 Å². The Balaban J connectivity index is 1.17. The van der Waals surface area contributed by atoms with Crippen molar-refractivity contribution in [3.05, 3.63) is 224 Å². The van der Waals surface area contributed by atoms with Gasteiger partial charge in [-0.1, -0.05) is 170 Å². The number of benzene rings is 9. The number of fused-ring (bicyclic) bond motifs is 1. The van der Waals surface area contributed by atoms with E-state index in [9.17, 15) is 2.74 Å². The van der Waals surface area contributed by atoms with Crippen molar-refractivity contribution >= 4 is 27.8 Å². The van der Waals surface area contributed by atoms with Crippen LogP contribution >= 0.6 is 0 Å². The Labute approximate surface area is 317 Å². The summed E-state index contributed by atoms with van der Waals surface area (Å²) in [5, 5.41) is 2.03. The first-order valence-electron chi connectivity index (χ1n) is 19.8. The molecule has 9 aromatic carbocycles. The van der Waals surface area contributed by atoms with Crippen molar-refractivity contribution in [2.75, 3.05) is 4.90 Å². The van der Waals surface area contributed by atoms with Gasteiger partial charge in [-0.15, -0.1) is 0 Å². The van der Waals surface area contributed by atoms with Gasteiger partial charge in [-0.25, -0.2) is 0 Å². The lowest BCUT2D eigenvalue weighted by atomic mass is 9.98. The number of rotatable bonds is 8. The molecule has 0 spiro atoms. The Hall–Kier alpha value is -6.96. The molecule has 1 heteroatoms. The zero-order valence-electron chi connectivity index (χ0n) is 33.0. The van der Waals surface area contributed by atoms with Crippen molar-refractivity contribution in [3.8, 4) is 55.6 Å². The highest BCUT2D eigenvalue weighted by atomic mass is 15.1. The summed E-state index contributed by atoms with van der Waals surface area (Å²) in [6.07, 6.45) is 0. The first-order valence-corrected chi connectivity index (χ1v) is 17.8. The second-order valence-corrected chi connectivity index (χ2v) is 13.1. The van der Waals surface area contributed by atoms with Crippen LogP contribution in [0.5, 0.6) is 0 Å². The smallest absolute Gasteiger partial charge is 0.0651 e. The van der Waals surface area contributed by atoms with Crippen LogP contribution in [0.25, 0.3) is 66.4 Å². The van der Waals surface area contributed by atoms with E-state index in [1.807, 2.05) is 108 Å². The van der Waals surface area contributed by atoms with Gasteiger partial charge in [-0.05, 0) is 121 Å². The molecule has 9 aromatic rings. The maximum atomic E-state index is 9.70. The molecular formula is C52H37N. The van der Waals surface area contributed by atoms with Crippen LogP contribution in [-0.2, 0) is 0 Å². The van der Waals surface area contributed by atoms with Gasteiger partial charge in [-0.2, -0.15) is 0 Å². The average molecular weight is 680 g/mol. The number of anilines is 3. The summed E-state index contributed by atoms with van der Waals surface area (Å²) in [4.78, 5) is 1.89. The highest BCUT2D eigenvalue weighted by Gasteiger charge is 2.15. The van der Waals surface area contributed by atoms with Crippen LogP contribution in [0.4, 0.5) is 17.1 Å². The molecule has 0 saturated carbocycles. The first kappa shape index (κ1) is 27.7. The van der Waals surface area contributed by atoms with Gasteiger partial charge in [0.25, 0.3) is 0 Å². The van der Waals surface area contributed by atoms with Gasteiger partial charge in [0.1, 0.15) is 0 Å². The van der Waals surface area contributed by atoms with Crippen LogP contribution in [0.15, 0.2) is 224 Å². The van der Waals surface area contributed by atoms with Crippen molar-refractivity contribution in [1.82, 2.24) is 0 Å². The van der Waals surface area contributed by atoms with Gasteiger partial charge in [-0.3, -0.25) is 0 Å². The summed E-state index contributed by atoms with van der Waals surface area (Å²) in [7, 11) is 0. The zero-order chi connectivity index (χ0) is 38.9. The molecule has 1 nitrogen and oxygen atoms in total. The molecule has 0 aliphatic carbocycles. The molecule has 0 saturated heterocycles. The molecule has 0 bridgehead atoms. The lowest BCUT2D eigenvalue weighted by Crippen LogP contribution is -2.10. The van der Waals surface area contributed by atoms with Crippen LogP contribution < -0.4 is 4.90 Å². The van der Waals surface area contributed by atoms with E-state index < -0.39 is 0 Å². The molecule has 0 heterocycles. The van der Waals surface area contributed by atoms with Crippen molar-refractivity contribution < 1.29 is 5.48 Å². The van der Waals surface area contributed by atoms with E-state index in [2.05, 4.69) is 97.1 Å². The topological polar surface area (TPSA) is 3.24 Å². The highest BCUT2D eigenvalue weighted by molar-refractivity contribution is 5.89. The largest absolute Gasteiger partial charge is 0.310 e. The number of hydrogen-bond acceptors (Lipinski definition) is 1. The summed E-state index contributed by atoms with van der Waals surface area (Å²) in [5.74, 6) is 0. The van der Waals surface area contributed by atoms with Crippen LogP contribution in [0.1, 0.15) is 5.48 Å². The summed E-state index contributed by atoms with van der Waals surface area (Å²) in [5.41, 5.74) is 11.5. The lowest BCUT2D eigenvalue weighted by Gasteiger charge is -2.26. The molecule has 0 N–H and O–H groups in total. The van der Waals surface area contributed by atoms with Crippen LogP contribution in [0.2, 0.25) is 0 Å². The molecule has 250 valence electrons. The molecule has 0 unspecified atom stereocenters. The SMILES string of the molecule is [2H]c1c([2H])c(-c2ccc3ccccc3c2)c([2H])c(N(c2ccc(-c3cccc(-c4ccccc4)c3)cc2)c2ccc(-c3cccc(-c4ccccc4)c3)cc2)c1[2H]. The summed E-state index contributed by atoms with van der Waals surface area (Å²) >= 11 is 0. The highest BCUT2D eigenvalue weighted by Crippen LogP contribution is 2.39. The third-order valence-electron chi connectivity index (χ3n) is 9.73. The number of nitrogens with zero attached hydrogens (tertiary/aromatic N) is 1. The monoisotopic (exact) mass is 679 g/mol. The van der Waals surface area contributed by atoms with E-state index in [4.69, 9.17) is 2.74 Å². The molecular weight excluding hydrogens is 639 g/mol. The van der Waals surface area contributed by atoms with Crippen LogP contribution in [0.3, 0.4) is 0 Å². The third-order valence-corrected chi connectivity index (χ3v) is 9.73. The van der Waals surface area contributed by atoms with E-state index >= 15 is 0 Å². The van der Waals surface area contributed by atoms with Crippen molar-refractivity contribution in [1.29, 1.82) is 0 Å². The normalized spacial score (nSPS) is 12.1. The fourth-order valence-corrected chi connectivity index (χ4v) is 6.97. The second kappa shape index (κ2) is 14.3. The maximum absolute atomic E-state index is 9.70. The molecule has 53 heavy (non-hydrogen) atoms. The molecule has 0 radical (unpaired) electrons. The summed E-state index contributed by atoms with van der Waals surface area (Å²) in [6.45, 7) is 0. The minimum Gasteiger partial charge on any atom is -0.310 e. The quantitative estimate of drug-likeness (QED) is 0.154. The van der Waals surface area contributed by atoms with Crippen molar-refractivity contribution in [3.63, 3.8) is 0 Å². The Morgan fingerprint density at radius 2 is 0.698 bits per heavy atom. The molecule has 0 fully saturated rings. The molecule has 0 aliphatic heterocycles. The predicted octanol–water partition coefficient (Wildman–Crippen LogP) is 14.6.